The SMILES string of the molecule is NNC(Cc1cnccc1N)c1ccc(Cl)c(Br)c1. The number of rotatable bonds is 4. The van der Waals surface area contributed by atoms with E-state index in [4.69, 9.17) is 23.2 Å². The molecule has 100 valence electrons. The normalized spacial score (nSPS) is 12.4. The van der Waals surface area contributed by atoms with Crippen LogP contribution in [0.25, 0.3) is 0 Å². The van der Waals surface area contributed by atoms with Crippen molar-refractivity contribution < 1.29 is 0 Å². The maximum absolute atomic E-state index is 5.99. The fourth-order valence-electron chi connectivity index (χ4n) is 1.83. The number of aromatic nitrogens is 1. The second kappa shape index (κ2) is 6.34. The van der Waals surface area contributed by atoms with E-state index in [9.17, 15) is 0 Å². The fourth-order valence-corrected chi connectivity index (χ4v) is 2.34. The van der Waals surface area contributed by atoms with Gasteiger partial charge in [0.15, 0.2) is 0 Å². The van der Waals surface area contributed by atoms with Gasteiger partial charge >= 0.3 is 0 Å². The summed E-state index contributed by atoms with van der Waals surface area (Å²) in [5.74, 6) is 5.63. The summed E-state index contributed by atoms with van der Waals surface area (Å²) >= 11 is 9.39. The highest BCUT2D eigenvalue weighted by Gasteiger charge is 2.13. The lowest BCUT2D eigenvalue weighted by molar-refractivity contribution is 0.551. The van der Waals surface area contributed by atoms with E-state index in [-0.39, 0.29) is 6.04 Å². The minimum Gasteiger partial charge on any atom is -0.398 e. The molecule has 2 rings (SSSR count). The summed E-state index contributed by atoms with van der Waals surface area (Å²) in [7, 11) is 0. The van der Waals surface area contributed by atoms with Gasteiger partial charge in [-0.1, -0.05) is 17.7 Å². The molecule has 0 saturated carbocycles. The van der Waals surface area contributed by atoms with E-state index in [1.54, 1.807) is 18.5 Å². The van der Waals surface area contributed by atoms with Crippen LogP contribution in [0, 0.1) is 0 Å². The predicted octanol–water partition coefficient (Wildman–Crippen LogP) is 2.83. The van der Waals surface area contributed by atoms with Crippen LogP contribution in [0.4, 0.5) is 5.69 Å². The minimum atomic E-state index is -0.0555. The van der Waals surface area contributed by atoms with Crippen molar-refractivity contribution in [1.82, 2.24) is 10.4 Å². The molecule has 6 heteroatoms. The monoisotopic (exact) mass is 340 g/mol. The van der Waals surface area contributed by atoms with Gasteiger partial charge in [0.05, 0.1) is 11.1 Å². The molecule has 5 N–H and O–H groups in total. The molecule has 1 atom stereocenters. The van der Waals surface area contributed by atoms with Crippen LogP contribution >= 0.6 is 27.5 Å². The van der Waals surface area contributed by atoms with Crippen LogP contribution in [0.15, 0.2) is 41.1 Å². The number of benzene rings is 1. The first-order valence-corrected chi connectivity index (χ1v) is 6.88. The minimum absolute atomic E-state index is 0.0555. The Hall–Kier alpha value is -1.14. The van der Waals surface area contributed by atoms with Crippen molar-refractivity contribution in [1.29, 1.82) is 0 Å². The van der Waals surface area contributed by atoms with E-state index in [1.165, 1.54) is 0 Å². The lowest BCUT2D eigenvalue weighted by atomic mass is 9.99. The molecule has 2 aromatic rings. The lowest BCUT2D eigenvalue weighted by Gasteiger charge is -2.17. The van der Waals surface area contributed by atoms with E-state index in [0.717, 1.165) is 15.6 Å². The number of hydrogen-bond donors (Lipinski definition) is 3. The van der Waals surface area contributed by atoms with Crippen molar-refractivity contribution in [3.8, 4) is 0 Å². The Morgan fingerprint density at radius 1 is 1.37 bits per heavy atom. The third-order valence-electron chi connectivity index (χ3n) is 2.91. The summed E-state index contributed by atoms with van der Waals surface area (Å²) in [5, 5.41) is 0.667. The molecule has 1 aromatic heterocycles. The van der Waals surface area contributed by atoms with Gasteiger partial charge < -0.3 is 5.73 Å². The standard InChI is InChI=1S/C13H14BrClN4/c14-10-5-8(1-2-11(10)15)13(19-17)6-9-7-18-4-3-12(9)16/h1-5,7,13,19H,6,17H2,(H2,16,18). The molecule has 0 spiro atoms. The number of nitrogen functional groups attached to an aromatic ring is 1. The number of nitrogens with one attached hydrogen (secondary N) is 1. The summed E-state index contributed by atoms with van der Waals surface area (Å²) in [4.78, 5) is 4.08. The van der Waals surface area contributed by atoms with Gasteiger partial charge in [0.1, 0.15) is 0 Å². The Morgan fingerprint density at radius 2 is 2.16 bits per heavy atom. The van der Waals surface area contributed by atoms with Gasteiger partial charge in [-0.3, -0.25) is 16.3 Å². The Balaban J connectivity index is 2.25. The molecule has 0 aliphatic rings. The van der Waals surface area contributed by atoms with Crippen LogP contribution in [-0.4, -0.2) is 4.98 Å². The van der Waals surface area contributed by atoms with Crippen molar-refractivity contribution in [2.24, 2.45) is 5.84 Å². The first-order chi connectivity index (χ1) is 9.11. The highest BCUT2D eigenvalue weighted by Crippen LogP contribution is 2.28. The molecule has 0 bridgehead atoms. The summed E-state index contributed by atoms with van der Waals surface area (Å²) < 4.78 is 0.839. The number of nitrogens with two attached hydrogens (primary N) is 2. The quantitative estimate of drug-likeness (QED) is 0.590. The van der Waals surface area contributed by atoms with Gasteiger partial charge in [0.25, 0.3) is 0 Å². The molecule has 4 nitrogen and oxygen atoms in total. The molecular weight excluding hydrogens is 328 g/mol. The predicted molar refractivity (Wildman–Crippen MR) is 81.6 cm³/mol. The molecule has 1 aromatic carbocycles. The van der Waals surface area contributed by atoms with Crippen LogP contribution in [0.2, 0.25) is 5.02 Å². The Kier molecular flexibility index (Phi) is 4.76. The van der Waals surface area contributed by atoms with Crippen LogP contribution in [0.3, 0.4) is 0 Å². The average Bonchev–Trinajstić information content (AvgIpc) is 2.41. The van der Waals surface area contributed by atoms with E-state index in [0.29, 0.717) is 17.1 Å². The third kappa shape index (κ3) is 3.45. The summed E-state index contributed by atoms with van der Waals surface area (Å²) in [6.45, 7) is 0. The van der Waals surface area contributed by atoms with E-state index in [2.05, 4.69) is 26.3 Å². The van der Waals surface area contributed by atoms with Crippen LogP contribution in [0.5, 0.6) is 0 Å². The lowest BCUT2D eigenvalue weighted by Crippen LogP contribution is -2.29. The van der Waals surface area contributed by atoms with E-state index < -0.39 is 0 Å². The van der Waals surface area contributed by atoms with Gasteiger partial charge in [-0.05, 0) is 51.7 Å². The molecular formula is C13H14BrClN4. The topological polar surface area (TPSA) is 77.0 Å². The van der Waals surface area contributed by atoms with Gasteiger partial charge in [0, 0.05) is 22.6 Å². The van der Waals surface area contributed by atoms with Gasteiger partial charge in [-0.2, -0.15) is 0 Å². The second-order valence-electron chi connectivity index (χ2n) is 4.17. The Labute approximate surface area is 125 Å². The molecule has 0 fully saturated rings. The van der Waals surface area contributed by atoms with Crippen molar-refractivity contribution in [3.05, 3.63) is 57.3 Å². The Morgan fingerprint density at radius 3 is 2.79 bits per heavy atom. The molecule has 0 amide bonds. The molecule has 1 unspecified atom stereocenters. The maximum atomic E-state index is 5.99. The smallest absolute Gasteiger partial charge is 0.0548 e. The van der Waals surface area contributed by atoms with Crippen molar-refractivity contribution in [2.75, 3.05) is 5.73 Å². The van der Waals surface area contributed by atoms with Gasteiger partial charge in [-0.15, -0.1) is 0 Å². The first kappa shape index (κ1) is 14.3. The average molecular weight is 342 g/mol. The van der Waals surface area contributed by atoms with Gasteiger partial charge in [0.2, 0.25) is 0 Å². The number of hydrogen-bond acceptors (Lipinski definition) is 4. The number of halogens is 2. The number of pyridine rings is 1. The second-order valence-corrected chi connectivity index (χ2v) is 5.43. The van der Waals surface area contributed by atoms with Crippen molar-refractivity contribution in [2.45, 2.75) is 12.5 Å². The number of hydrazine groups is 1. The van der Waals surface area contributed by atoms with Crippen molar-refractivity contribution >= 4 is 33.2 Å². The molecule has 0 radical (unpaired) electrons. The first-order valence-electron chi connectivity index (χ1n) is 5.71. The van der Waals surface area contributed by atoms with E-state index >= 15 is 0 Å². The van der Waals surface area contributed by atoms with Crippen LogP contribution < -0.4 is 17.0 Å². The highest BCUT2D eigenvalue weighted by molar-refractivity contribution is 9.10. The molecule has 0 aliphatic carbocycles. The zero-order valence-corrected chi connectivity index (χ0v) is 12.4. The van der Waals surface area contributed by atoms with E-state index in [1.807, 2.05) is 18.2 Å². The Bertz CT molecular complexity index is 576. The summed E-state index contributed by atoms with van der Waals surface area (Å²) in [5.41, 5.74) is 11.4. The summed E-state index contributed by atoms with van der Waals surface area (Å²) in [6, 6.07) is 7.43. The van der Waals surface area contributed by atoms with Crippen molar-refractivity contribution in [3.63, 3.8) is 0 Å². The zero-order chi connectivity index (χ0) is 13.8. The van der Waals surface area contributed by atoms with Crippen LogP contribution in [-0.2, 0) is 6.42 Å². The largest absolute Gasteiger partial charge is 0.398 e. The number of anilines is 1. The molecule has 0 aliphatic heterocycles. The molecule has 0 saturated heterocycles. The zero-order valence-electron chi connectivity index (χ0n) is 10.1. The number of nitrogens with zero attached hydrogens (tertiary/aromatic N) is 1. The van der Waals surface area contributed by atoms with Gasteiger partial charge in [-0.25, -0.2) is 0 Å². The molecule has 1 heterocycles. The fraction of sp³-hybridized carbons (Fsp3) is 0.154. The van der Waals surface area contributed by atoms with Crippen LogP contribution in [0.1, 0.15) is 17.2 Å². The summed E-state index contributed by atoms with van der Waals surface area (Å²) in [6.07, 6.45) is 4.08. The third-order valence-corrected chi connectivity index (χ3v) is 4.13. The highest BCUT2D eigenvalue weighted by atomic mass is 79.9. The molecule has 19 heavy (non-hydrogen) atoms. The maximum Gasteiger partial charge on any atom is 0.0548 e.